The van der Waals surface area contributed by atoms with E-state index in [0.29, 0.717) is 11.8 Å². The fraction of sp³-hybridized carbons (Fsp3) is 0.167. The van der Waals surface area contributed by atoms with E-state index in [9.17, 15) is 4.39 Å². The van der Waals surface area contributed by atoms with Gasteiger partial charge in [-0.1, -0.05) is 60.7 Å². The quantitative estimate of drug-likeness (QED) is 0.538. The summed E-state index contributed by atoms with van der Waals surface area (Å²) in [5.41, 5.74) is 6.02. The second kappa shape index (κ2) is 6.14. The Balaban J connectivity index is 1.57. The number of hydrogen-bond donors (Lipinski definition) is 1. The highest BCUT2D eigenvalue weighted by atomic mass is 19.1. The molecule has 5 rings (SSSR count). The van der Waals surface area contributed by atoms with Crippen LogP contribution in [0.2, 0.25) is 0 Å². The van der Waals surface area contributed by atoms with Gasteiger partial charge in [-0.2, -0.15) is 0 Å². The van der Waals surface area contributed by atoms with E-state index < -0.39 is 0 Å². The topological polar surface area (TPSA) is 12.0 Å². The highest BCUT2D eigenvalue weighted by Crippen LogP contribution is 2.50. The lowest BCUT2D eigenvalue weighted by Crippen LogP contribution is -2.29. The van der Waals surface area contributed by atoms with Crippen molar-refractivity contribution in [3.63, 3.8) is 0 Å². The van der Waals surface area contributed by atoms with Crippen LogP contribution in [0.1, 0.15) is 29.5 Å². The molecule has 3 atom stereocenters. The Morgan fingerprint density at radius 2 is 1.73 bits per heavy atom. The van der Waals surface area contributed by atoms with Gasteiger partial charge < -0.3 is 5.32 Å². The van der Waals surface area contributed by atoms with Crippen LogP contribution in [0.15, 0.2) is 84.9 Å². The molecule has 0 aromatic heterocycles. The van der Waals surface area contributed by atoms with E-state index >= 15 is 0 Å². The van der Waals surface area contributed by atoms with Gasteiger partial charge >= 0.3 is 0 Å². The number of fused-ring (bicyclic) bond motifs is 3. The van der Waals surface area contributed by atoms with Gasteiger partial charge in [-0.25, -0.2) is 4.39 Å². The molecule has 0 bridgehead atoms. The smallest absolute Gasteiger partial charge is 0.123 e. The third-order valence-corrected chi connectivity index (χ3v) is 5.68. The minimum absolute atomic E-state index is 0.140. The van der Waals surface area contributed by atoms with E-state index in [0.717, 1.165) is 17.7 Å². The molecule has 0 amide bonds. The van der Waals surface area contributed by atoms with Gasteiger partial charge in [0.05, 0.1) is 6.04 Å². The predicted octanol–water partition coefficient (Wildman–Crippen LogP) is 6.32. The average molecular weight is 341 g/mol. The first-order valence-corrected chi connectivity index (χ1v) is 9.17. The Kier molecular flexibility index (Phi) is 3.63. The van der Waals surface area contributed by atoms with Crippen LogP contribution in [0.25, 0.3) is 11.1 Å². The van der Waals surface area contributed by atoms with Gasteiger partial charge in [0.2, 0.25) is 0 Å². The maximum Gasteiger partial charge on any atom is 0.123 e. The second-order valence-electron chi connectivity index (χ2n) is 7.20. The summed E-state index contributed by atoms with van der Waals surface area (Å²) in [6.45, 7) is 0. The highest BCUT2D eigenvalue weighted by molar-refractivity contribution is 5.71. The molecule has 2 heteroatoms. The Bertz CT molecular complexity index is 977. The summed E-state index contributed by atoms with van der Waals surface area (Å²) in [5, 5.41) is 3.68. The van der Waals surface area contributed by atoms with E-state index in [1.54, 1.807) is 12.1 Å². The van der Waals surface area contributed by atoms with Crippen LogP contribution in [0, 0.1) is 11.7 Å². The molecular formula is C24H20FN. The Hall–Kier alpha value is -2.87. The average Bonchev–Trinajstić information content (AvgIpc) is 3.18. The molecule has 0 saturated carbocycles. The van der Waals surface area contributed by atoms with Crippen molar-refractivity contribution in [2.75, 3.05) is 5.32 Å². The fourth-order valence-corrected chi connectivity index (χ4v) is 4.43. The summed E-state index contributed by atoms with van der Waals surface area (Å²) in [4.78, 5) is 0. The zero-order valence-corrected chi connectivity index (χ0v) is 14.4. The van der Waals surface area contributed by atoms with Crippen molar-refractivity contribution in [2.45, 2.75) is 18.4 Å². The van der Waals surface area contributed by atoms with Gasteiger partial charge in [0.1, 0.15) is 5.82 Å². The molecule has 26 heavy (non-hydrogen) atoms. The van der Waals surface area contributed by atoms with Gasteiger partial charge in [0, 0.05) is 11.6 Å². The summed E-state index contributed by atoms with van der Waals surface area (Å²) >= 11 is 0. The molecule has 0 saturated heterocycles. The maximum atomic E-state index is 13.8. The lowest BCUT2D eigenvalue weighted by atomic mass is 9.76. The number of hydrogen-bond acceptors (Lipinski definition) is 1. The number of anilines is 1. The number of benzene rings is 3. The molecule has 0 fully saturated rings. The summed E-state index contributed by atoms with van der Waals surface area (Å²) in [6, 6.07) is 24.3. The standard InChI is InChI=1S/C24H20FN/c25-19-9-4-8-18(14-19)24-21-11-5-10-20(21)22-15-17(12-13-23(22)26-24)16-6-2-1-3-7-16/h1-10,12-15,20-21,24,26H,11H2/t20-,21-,24-/m0/s1. The normalized spacial score (nSPS) is 23.2. The first-order valence-electron chi connectivity index (χ1n) is 9.17. The van der Waals surface area contributed by atoms with Crippen LogP contribution < -0.4 is 5.32 Å². The molecule has 128 valence electrons. The Morgan fingerprint density at radius 1 is 0.846 bits per heavy atom. The highest BCUT2D eigenvalue weighted by Gasteiger charge is 2.38. The van der Waals surface area contributed by atoms with Crippen molar-refractivity contribution in [1.29, 1.82) is 0 Å². The van der Waals surface area contributed by atoms with Crippen molar-refractivity contribution >= 4 is 5.69 Å². The van der Waals surface area contributed by atoms with Gasteiger partial charge in [0.15, 0.2) is 0 Å². The number of rotatable bonds is 2. The molecule has 0 spiro atoms. The first kappa shape index (κ1) is 15.4. The van der Waals surface area contributed by atoms with Gasteiger partial charge in [-0.05, 0) is 58.9 Å². The van der Waals surface area contributed by atoms with Crippen LogP contribution in [0.4, 0.5) is 10.1 Å². The van der Waals surface area contributed by atoms with Crippen LogP contribution in [0.5, 0.6) is 0 Å². The summed E-state index contributed by atoms with van der Waals surface area (Å²) in [6.07, 6.45) is 5.62. The molecule has 1 N–H and O–H groups in total. The molecule has 3 aromatic carbocycles. The van der Waals surface area contributed by atoms with E-state index in [1.807, 2.05) is 12.1 Å². The van der Waals surface area contributed by atoms with Crippen molar-refractivity contribution in [2.24, 2.45) is 5.92 Å². The van der Waals surface area contributed by atoms with Crippen molar-refractivity contribution in [3.8, 4) is 11.1 Å². The molecule has 0 radical (unpaired) electrons. The molecule has 1 heterocycles. The van der Waals surface area contributed by atoms with E-state index in [1.165, 1.54) is 22.8 Å². The molecule has 1 aliphatic carbocycles. The predicted molar refractivity (Wildman–Crippen MR) is 105 cm³/mol. The van der Waals surface area contributed by atoms with Crippen molar-refractivity contribution in [3.05, 3.63) is 102 Å². The molecular weight excluding hydrogens is 321 g/mol. The molecule has 1 nitrogen and oxygen atoms in total. The zero-order chi connectivity index (χ0) is 17.5. The monoisotopic (exact) mass is 341 g/mol. The minimum atomic E-state index is -0.169. The Labute approximate surface area is 153 Å². The SMILES string of the molecule is Fc1cccc([C@@H]2Nc3ccc(-c4ccccc4)cc3[C@H]3C=CC[C@@H]32)c1. The number of nitrogens with one attached hydrogen (secondary N) is 1. The third kappa shape index (κ3) is 2.53. The zero-order valence-electron chi connectivity index (χ0n) is 14.4. The van der Waals surface area contributed by atoms with Crippen LogP contribution >= 0.6 is 0 Å². The maximum absolute atomic E-state index is 13.8. The molecule has 1 aliphatic heterocycles. The largest absolute Gasteiger partial charge is 0.378 e. The van der Waals surface area contributed by atoms with E-state index in [4.69, 9.17) is 0 Å². The molecule has 3 aromatic rings. The molecule has 0 unspecified atom stereocenters. The van der Waals surface area contributed by atoms with Gasteiger partial charge in [-0.3, -0.25) is 0 Å². The lowest BCUT2D eigenvalue weighted by Gasteiger charge is -2.37. The second-order valence-corrected chi connectivity index (χ2v) is 7.20. The summed E-state index contributed by atoms with van der Waals surface area (Å²) < 4.78 is 13.8. The van der Waals surface area contributed by atoms with Crippen molar-refractivity contribution < 1.29 is 4.39 Å². The third-order valence-electron chi connectivity index (χ3n) is 5.68. The Morgan fingerprint density at radius 3 is 2.58 bits per heavy atom. The van der Waals surface area contributed by atoms with E-state index in [2.05, 4.69) is 59.9 Å². The van der Waals surface area contributed by atoms with Crippen LogP contribution in [-0.2, 0) is 0 Å². The minimum Gasteiger partial charge on any atom is -0.378 e. The van der Waals surface area contributed by atoms with E-state index in [-0.39, 0.29) is 11.9 Å². The lowest BCUT2D eigenvalue weighted by molar-refractivity contribution is 0.424. The fourth-order valence-electron chi connectivity index (χ4n) is 4.43. The van der Waals surface area contributed by atoms with Gasteiger partial charge in [-0.15, -0.1) is 0 Å². The van der Waals surface area contributed by atoms with Crippen LogP contribution in [0.3, 0.4) is 0 Å². The van der Waals surface area contributed by atoms with Gasteiger partial charge in [0.25, 0.3) is 0 Å². The first-order chi connectivity index (χ1) is 12.8. The molecule has 2 aliphatic rings. The number of allylic oxidation sites excluding steroid dienone is 2. The summed E-state index contributed by atoms with van der Waals surface area (Å²) in [5.74, 6) is 0.635. The van der Waals surface area contributed by atoms with Crippen LogP contribution in [-0.4, -0.2) is 0 Å². The van der Waals surface area contributed by atoms with Crippen molar-refractivity contribution in [1.82, 2.24) is 0 Å². The summed E-state index contributed by atoms with van der Waals surface area (Å²) in [7, 11) is 0. The number of halogens is 1.